The SMILES string of the molecule is CC(C)(C)B1OB(c2cccc(-c3cc(C(C)(C)C)cc(C(C)(C)C)c3)c2N2[CH-]N(c3[c-]c(COCc4[c-]c5c(cc4)c4ccccc4n5-c4cc(C(C)(C)C)ccn4)cnc3)c3ccccc32)OB(C(C)(C)C)O1.[Pt]. The molecule has 5 aromatic carbocycles. The molecule has 1 fully saturated rings. The van der Waals surface area contributed by atoms with Crippen molar-refractivity contribution < 1.29 is 39.5 Å². The van der Waals surface area contributed by atoms with Crippen LogP contribution >= 0.6 is 0 Å². The molecule has 0 radical (unpaired) electrons. The van der Waals surface area contributed by atoms with E-state index in [0.717, 1.165) is 78.1 Å². The second-order valence-corrected chi connectivity index (χ2v) is 25.7. The van der Waals surface area contributed by atoms with Crippen LogP contribution in [0, 0.1) is 18.8 Å². The van der Waals surface area contributed by atoms with Gasteiger partial charge in [-0.3, -0.25) is 0 Å². The molecule has 76 heavy (non-hydrogen) atoms. The number of benzene rings is 5. The van der Waals surface area contributed by atoms with E-state index in [1.807, 2.05) is 18.6 Å². The number of pyridine rings is 2. The van der Waals surface area contributed by atoms with Crippen molar-refractivity contribution in [2.75, 3.05) is 9.80 Å². The maximum Gasteiger partial charge on any atom is 0.468 e. The van der Waals surface area contributed by atoms with Crippen LogP contribution in [-0.4, -0.2) is 35.9 Å². The number of rotatable bonds is 9. The summed E-state index contributed by atoms with van der Waals surface area (Å²) in [4.78, 5) is 14.1. The third-order valence-corrected chi connectivity index (χ3v) is 14.3. The Morgan fingerprint density at radius 2 is 1.20 bits per heavy atom. The van der Waals surface area contributed by atoms with E-state index in [2.05, 4.69) is 246 Å². The molecule has 0 bridgehead atoms. The van der Waals surface area contributed by atoms with Crippen molar-refractivity contribution in [2.24, 2.45) is 0 Å². The van der Waals surface area contributed by atoms with Crippen molar-refractivity contribution >= 4 is 71.4 Å². The molecule has 0 saturated carbocycles. The van der Waals surface area contributed by atoms with E-state index in [0.29, 0.717) is 13.2 Å². The Bertz CT molecular complexity index is 3360. The fraction of sp³-hybridized carbons (Fsp3) is 0.349. The summed E-state index contributed by atoms with van der Waals surface area (Å²) in [6.07, 6.45) is 5.61. The van der Waals surface area contributed by atoms with E-state index in [9.17, 15) is 0 Å². The average Bonchev–Trinajstić information content (AvgIpc) is 3.91. The molecule has 13 heteroatoms. The molecular weight excluding hydrogens is 1120 g/mol. The molecule has 0 aliphatic carbocycles. The first kappa shape index (κ1) is 55.3. The van der Waals surface area contributed by atoms with Gasteiger partial charge in [-0.1, -0.05) is 194 Å². The fourth-order valence-corrected chi connectivity index (χ4v) is 9.94. The average molecular weight is 1190 g/mol. The van der Waals surface area contributed by atoms with Gasteiger partial charge in [-0.2, -0.15) is 24.3 Å². The molecule has 2 aliphatic rings. The van der Waals surface area contributed by atoms with E-state index in [-0.39, 0.29) is 47.9 Å². The van der Waals surface area contributed by atoms with Gasteiger partial charge in [-0.05, 0) is 84.8 Å². The second kappa shape index (κ2) is 20.7. The molecule has 10 rings (SSSR count). The largest absolute Gasteiger partial charge is 0.492 e. The quantitative estimate of drug-likeness (QED) is 0.105. The first-order chi connectivity index (χ1) is 35.3. The predicted molar refractivity (Wildman–Crippen MR) is 312 cm³/mol. The molecule has 5 heterocycles. The number of aromatic nitrogens is 3. The van der Waals surface area contributed by atoms with Crippen LogP contribution in [0.15, 0.2) is 128 Å². The van der Waals surface area contributed by atoms with Gasteiger partial charge >= 0.3 is 21.4 Å². The Labute approximate surface area is 467 Å². The molecule has 0 atom stereocenters. The standard InChI is InChI=1S/C63H71B3N5O4.Pt/c1-59(2,3)45-29-30-68-57(36-45)71-53-24-17-16-21-50(53)51-28-27-42(32-56(51)71)39-72-40-43-31-48(38-67-37-43)69-41-70(55-26-19-18-25-54(55)69)58-49(44-33-46(60(4,5)6)35-47(34-44)61(7,8)9)22-20-23-52(58)64-73-65(62(10,11)12)75-66(74-64)63(13,14)15;/h16-30,33-38,41H,39-40H2,1-15H3;/q-3;. The van der Waals surface area contributed by atoms with Crippen LogP contribution in [0.2, 0.25) is 10.6 Å². The maximum absolute atomic E-state index is 6.94. The third-order valence-electron chi connectivity index (χ3n) is 14.3. The third kappa shape index (κ3) is 11.1. The zero-order valence-electron chi connectivity index (χ0n) is 47.0. The number of hydrogen-bond acceptors (Lipinski definition) is 8. The summed E-state index contributed by atoms with van der Waals surface area (Å²) in [5.74, 6) is 0.872. The Morgan fingerprint density at radius 3 is 1.84 bits per heavy atom. The number of nitrogens with zero attached hydrogens (tertiary/aromatic N) is 5. The van der Waals surface area contributed by atoms with Gasteiger partial charge in [0.1, 0.15) is 5.82 Å². The Balaban J connectivity index is 0.00000706. The topological polar surface area (TPSA) is 74.1 Å². The number of anilines is 4. The summed E-state index contributed by atoms with van der Waals surface area (Å²) in [6.45, 7) is 36.1. The Kier molecular flexibility index (Phi) is 15.1. The molecule has 394 valence electrons. The Hall–Kier alpha value is -5.48. The summed E-state index contributed by atoms with van der Waals surface area (Å²) in [7, 11) is -1.78. The van der Waals surface area contributed by atoms with Crippen molar-refractivity contribution in [2.45, 2.75) is 144 Å². The van der Waals surface area contributed by atoms with Gasteiger partial charge in [0, 0.05) is 67.5 Å². The molecule has 8 aromatic rings. The zero-order chi connectivity index (χ0) is 53.4. The van der Waals surface area contributed by atoms with E-state index in [1.165, 1.54) is 16.7 Å². The molecular formula is C63H71B3N5O4Pt-3. The van der Waals surface area contributed by atoms with Gasteiger partial charge in [-0.25, -0.2) is 4.98 Å². The minimum atomic E-state index is -0.740. The van der Waals surface area contributed by atoms with Gasteiger partial charge in [0.05, 0.1) is 6.61 Å². The minimum Gasteiger partial charge on any atom is -0.492 e. The smallest absolute Gasteiger partial charge is 0.468 e. The van der Waals surface area contributed by atoms with Crippen molar-refractivity contribution in [3.05, 3.63) is 174 Å². The molecule has 3 aromatic heterocycles. The van der Waals surface area contributed by atoms with Crippen LogP contribution in [0.25, 0.3) is 38.8 Å². The number of hydrogen-bond donors (Lipinski definition) is 0. The molecule has 2 aliphatic heterocycles. The van der Waals surface area contributed by atoms with Gasteiger partial charge in [0.15, 0.2) is 0 Å². The molecule has 0 N–H and O–H groups in total. The van der Waals surface area contributed by atoms with Crippen LogP contribution in [0.4, 0.5) is 22.7 Å². The summed E-state index contributed by atoms with van der Waals surface area (Å²) in [6, 6.07) is 46.6. The predicted octanol–water partition coefficient (Wildman–Crippen LogP) is 15.2. The molecule has 0 spiro atoms. The monoisotopic (exact) mass is 1190 g/mol. The molecule has 9 nitrogen and oxygen atoms in total. The van der Waals surface area contributed by atoms with E-state index < -0.39 is 21.4 Å². The van der Waals surface area contributed by atoms with Crippen molar-refractivity contribution in [3.63, 3.8) is 0 Å². The van der Waals surface area contributed by atoms with Gasteiger partial charge in [0.2, 0.25) is 0 Å². The summed E-state index contributed by atoms with van der Waals surface area (Å²) < 4.78 is 29.2. The first-order valence-electron chi connectivity index (χ1n) is 26.5. The van der Waals surface area contributed by atoms with Crippen LogP contribution in [-0.2, 0) is 69.0 Å². The van der Waals surface area contributed by atoms with Crippen LogP contribution < -0.4 is 15.3 Å². The summed E-state index contributed by atoms with van der Waals surface area (Å²) in [5, 5.41) is 1.64. The maximum atomic E-state index is 6.94. The molecule has 0 amide bonds. The Morgan fingerprint density at radius 1 is 0.579 bits per heavy atom. The van der Waals surface area contributed by atoms with Gasteiger partial charge < -0.3 is 37.8 Å². The van der Waals surface area contributed by atoms with Crippen molar-refractivity contribution in [3.8, 4) is 16.9 Å². The van der Waals surface area contributed by atoms with E-state index in [1.54, 1.807) is 0 Å². The minimum absolute atomic E-state index is 0. The van der Waals surface area contributed by atoms with E-state index >= 15 is 0 Å². The zero-order valence-corrected chi connectivity index (χ0v) is 49.3. The fourth-order valence-electron chi connectivity index (χ4n) is 9.94. The van der Waals surface area contributed by atoms with Gasteiger partial charge in [-0.15, -0.1) is 23.2 Å². The van der Waals surface area contributed by atoms with Crippen molar-refractivity contribution in [1.82, 2.24) is 14.5 Å². The second-order valence-electron chi connectivity index (χ2n) is 25.7. The normalized spacial score (nSPS) is 14.8. The molecule has 0 unspecified atom stereocenters. The number of para-hydroxylation sites is 4. The summed E-state index contributed by atoms with van der Waals surface area (Å²) in [5.41, 5.74) is 14.2. The van der Waals surface area contributed by atoms with E-state index in [4.69, 9.17) is 28.4 Å². The van der Waals surface area contributed by atoms with Crippen molar-refractivity contribution in [1.29, 1.82) is 0 Å². The van der Waals surface area contributed by atoms with Crippen LogP contribution in [0.3, 0.4) is 0 Å². The number of ether oxygens (including phenoxy) is 1. The summed E-state index contributed by atoms with van der Waals surface area (Å²) >= 11 is 0. The number of fused-ring (bicyclic) bond motifs is 4. The first-order valence-corrected chi connectivity index (χ1v) is 26.5. The van der Waals surface area contributed by atoms with Crippen LogP contribution in [0.1, 0.15) is 132 Å². The molecule has 1 saturated heterocycles. The van der Waals surface area contributed by atoms with Crippen LogP contribution in [0.5, 0.6) is 0 Å². The van der Waals surface area contributed by atoms with Gasteiger partial charge in [0.25, 0.3) is 0 Å².